The number of carbonyl (C=O) groups excluding carboxylic acids is 2. The van der Waals surface area contributed by atoms with Crippen LogP contribution >= 0.6 is 7.82 Å². The second kappa shape index (κ2) is 38.2. The number of carboxylic acids is 1. The third-order valence-corrected chi connectivity index (χ3v) is 10.0. The normalized spacial score (nSPS) is 14.7. The van der Waals surface area contributed by atoms with Gasteiger partial charge in [0.25, 0.3) is 0 Å². The molecule has 0 bridgehead atoms. The second-order valence-electron chi connectivity index (χ2n) is 14.4. The molecular weight excluding hydrogens is 741 g/mol. The molecule has 0 aromatic carbocycles. The van der Waals surface area contributed by atoms with Crippen LogP contribution in [0.25, 0.3) is 0 Å². The number of esters is 2. The molecule has 0 saturated carbocycles. The van der Waals surface area contributed by atoms with Crippen LogP contribution in [0.1, 0.15) is 174 Å². The Balaban J connectivity index is 4.50. The second-order valence-corrected chi connectivity index (χ2v) is 15.8. The van der Waals surface area contributed by atoms with Gasteiger partial charge in [-0.2, -0.15) is 0 Å². The van der Waals surface area contributed by atoms with Crippen LogP contribution in [0.4, 0.5) is 0 Å². The van der Waals surface area contributed by atoms with Crippen LogP contribution in [0, 0.1) is 0 Å². The van der Waals surface area contributed by atoms with Gasteiger partial charge in [0, 0.05) is 12.8 Å². The minimum Gasteiger partial charge on any atom is -0.480 e. The predicted molar refractivity (Wildman–Crippen MR) is 220 cm³/mol. The van der Waals surface area contributed by atoms with E-state index in [4.69, 9.17) is 30.1 Å². The molecule has 0 heterocycles. The number of unbranched alkanes of at least 4 members (excludes halogenated alkanes) is 18. The zero-order valence-corrected chi connectivity index (χ0v) is 35.4. The third kappa shape index (κ3) is 36.0. The Morgan fingerprint density at radius 1 is 0.643 bits per heavy atom. The van der Waals surface area contributed by atoms with Crippen LogP contribution in [0.15, 0.2) is 36.5 Å². The van der Waals surface area contributed by atoms with E-state index in [0.29, 0.717) is 12.8 Å². The van der Waals surface area contributed by atoms with E-state index < -0.39 is 51.1 Å². The maximum atomic E-state index is 12.6. The molecular formula is C42H76NO12P. The first-order valence-corrected chi connectivity index (χ1v) is 22.8. The average molecular weight is 818 g/mol. The van der Waals surface area contributed by atoms with Crippen molar-refractivity contribution in [1.82, 2.24) is 0 Å². The summed E-state index contributed by atoms with van der Waals surface area (Å²) in [4.78, 5) is 50.4. The van der Waals surface area contributed by atoms with Gasteiger partial charge in [-0.25, -0.2) is 9.45 Å². The van der Waals surface area contributed by atoms with E-state index in [1.807, 2.05) is 18.2 Å². The Hall–Kier alpha value is -2.38. The maximum absolute atomic E-state index is 12.6. The Kier molecular flexibility index (Phi) is 36.5. The van der Waals surface area contributed by atoms with E-state index in [1.54, 1.807) is 0 Å². The van der Waals surface area contributed by atoms with Gasteiger partial charge in [0.05, 0.1) is 13.2 Å². The van der Waals surface area contributed by atoms with E-state index in [1.165, 1.54) is 38.5 Å². The van der Waals surface area contributed by atoms with Gasteiger partial charge in [0.1, 0.15) is 18.8 Å². The quantitative estimate of drug-likeness (QED) is 0.00866. The molecule has 0 amide bonds. The van der Waals surface area contributed by atoms with E-state index >= 15 is 0 Å². The molecule has 0 fully saturated rings. The summed E-state index contributed by atoms with van der Waals surface area (Å²) in [5, 5.41) is 17.9. The standard InChI is InChI=1S/C42H76NO12P/c1-3-5-7-8-9-10-11-12-13-14-15-18-21-24-28-32-40(44)51-34-38(35-52-56(49,50)53-36-39(43)42(46)47)54-41(45)33-29-25-22-19-16-17-20-23-27-31-37(55-48)30-26-6-4-2/h12-13,20,23,27,31,37-39,48H,3-11,14-19,21-22,24-26,28-30,32-36,43H2,1-2H3,(H,46,47)(H,49,50)/b13-12-,23-20-,31-27+. The molecule has 5 N–H and O–H groups in total. The molecule has 0 aliphatic heterocycles. The van der Waals surface area contributed by atoms with Gasteiger partial charge in [-0.05, 0) is 57.8 Å². The van der Waals surface area contributed by atoms with Crippen LogP contribution in [0.2, 0.25) is 0 Å². The van der Waals surface area contributed by atoms with E-state index in [-0.39, 0.29) is 25.6 Å². The largest absolute Gasteiger partial charge is 0.480 e. The summed E-state index contributed by atoms with van der Waals surface area (Å²) >= 11 is 0. The minimum atomic E-state index is -4.74. The third-order valence-electron chi connectivity index (χ3n) is 9.08. The van der Waals surface area contributed by atoms with Crippen LogP contribution in [-0.4, -0.2) is 71.2 Å². The van der Waals surface area contributed by atoms with Gasteiger partial charge < -0.3 is 25.2 Å². The van der Waals surface area contributed by atoms with Crippen LogP contribution in [0.3, 0.4) is 0 Å². The fourth-order valence-electron chi connectivity index (χ4n) is 5.62. The lowest BCUT2D eigenvalue weighted by Gasteiger charge is -2.20. The van der Waals surface area contributed by atoms with Crippen molar-refractivity contribution in [2.24, 2.45) is 5.73 Å². The first-order chi connectivity index (χ1) is 27.0. The lowest BCUT2D eigenvalue weighted by Crippen LogP contribution is -2.34. The van der Waals surface area contributed by atoms with Crippen molar-refractivity contribution in [1.29, 1.82) is 0 Å². The number of allylic oxidation sites excluding steroid dienone is 5. The van der Waals surface area contributed by atoms with Crippen molar-refractivity contribution in [3.63, 3.8) is 0 Å². The number of phosphoric acid groups is 1. The Morgan fingerprint density at radius 2 is 1.14 bits per heavy atom. The summed E-state index contributed by atoms with van der Waals surface area (Å²) in [5.41, 5.74) is 5.32. The van der Waals surface area contributed by atoms with E-state index in [0.717, 1.165) is 96.3 Å². The highest BCUT2D eigenvalue weighted by Crippen LogP contribution is 2.43. The molecule has 0 spiro atoms. The first-order valence-electron chi connectivity index (χ1n) is 21.3. The van der Waals surface area contributed by atoms with Gasteiger partial charge >= 0.3 is 25.7 Å². The Morgan fingerprint density at radius 3 is 1.71 bits per heavy atom. The van der Waals surface area contributed by atoms with Crippen molar-refractivity contribution in [3.05, 3.63) is 36.5 Å². The minimum absolute atomic E-state index is 0.108. The maximum Gasteiger partial charge on any atom is 0.472 e. The molecule has 0 aliphatic rings. The predicted octanol–water partition coefficient (Wildman–Crippen LogP) is 10.3. The molecule has 326 valence electrons. The highest BCUT2D eigenvalue weighted by molar-refractivity contribution is 7.47. The van der Waals surface area contributed by atoms with Gasteiger partial charge in [0.2, 0.25) is 0 Å². The summed E-state index contributed by atoms with van der Waals surface area (Å²) in [7, 11) is -4.74. The van der Waals surface area contributed by atoms with Crippen molar-refractivity contribution in [2.45, 2.75) is 193 Å². The molecule has 4 unspecified atom stereocenters. The number of carbonyl (C=O) groups is 3. The average Bonchev–Trinajstić information content (AvgIpc) is 3.17. The molecule has 0 aliphatic carbocycles. The molecule has 0 saturated heterocycles. The summed E-state index contributed by atoms with van der Waals surface area (Å²) in [6, 6.07) is -1.54. The molecule has 14 heteroatoms. The molecule has 56 heavy (non-hydrogen) atoms. The number of aliphatic carboxylic acids is 1. The number of nitrogens with two attached hydrogens (primary N) is 1. The summed E-state index contributed by atoms with van der Waals surface area (Å²) < 4.78 is 32.6. The fraction of sp³-hybridized carbons (Fsp3) is 0.786. The first kappa shape index (κ1) is 53.6. The SMILES string of the molecule is CCCCCCCC/C=C\CCCCCCCC(=O)OCC(COP(=O)(O)OCC(N)C(=O)O)OC(=O)CCCCCCC/C=C\C=C\C(CCCCC)OO. The van der Waals surface area contributed by atoms with Crippen LogP contribution in [-0.2, 0) is 42.4 Å². The number of phosphoric ester groups is 1. The Bertz CT molecular complexity index is 1120. The summed E-state index contributed by atoms with van der Waals surface area (Å²) in [6.45, 7) is 2.60. The smallest absolute Gasteiger partial charge is 0.472 e. The number of ether oxygens (including phenoxy) is 2. The molecule has 0 radical (unpaired) electrons. The van der Waals surface area contributed by atoms with Crippen molar-refractivity contribution in [2.75, 3.05) is 19.8 Å². The lowest BCUT2D eigenvalue weighted by molar-refractivity contribution is -0.267. The number of hydrogen-bond acceptors (Lipinski definition) is 11. The van der Waals surface area contributed by atoms with Gasteiger partial charge in [0.15, 0.2) is 6.10 Å². The van der Waals surface area contributed by atoms with Gasteiger partial charge in [-0.3, -0.25) is 28.7 Å². The monoisotopic (exact) mass is 818 g/mol. The lowest BCUT2D eigenvalue weighted by atomic mass is 10.1. The molecule has 0 aromatic heterocycles. The van der Waals surface area contributed by atoms with Crippen LogP contribution in [0.5, 0.6) is 0 Å². The van der Waals surface area contributed by atoms with Crippen molar-refractivity contribution in [3.8, 4) is 0 Å². The number of rotatable bonds is 40. The molecule has 0 aromatic rings. The van der Waals surface area contributed by atoms with E-state index in [9.17, 15) is 23.8 Å². The number of hydrogen-bond donors (Lipinski definition) is 4. The molecule has 0 rings (SSSR count). The highest BCUT2D eigenvalue weighted by atomic mass is 31.2. The summed E-state index contributed by atoms with van der Waals surface area (Å²) in [5.74, 6) is -2.46. The van der Waals surface area contributed by atoms with Gasteiger partial charge in [-0.15, -0.1) is 0 Å². The zero-order valence-electron chi connectivity index (χ0n) is 34.5. The highest BCUT2D eigenvalue weighted by Gasteiger charge is 2.28. The molecule has 13 nitrogen and oxygen atoms in total. The van der Waals surface area contributed by atoms with Crippen molar-refractivity contribution >= 4 is 25.7 Å². The number of carboxylic acid groups (broad SMARTS) is 1. The molecule has 4 atom stereocenters. The topological polar surface area (TPSA) is 201 Å². The van der Waals surface area contributed by atoms with Crippen molar-refractivity contribution < 1.29 is 57.6 Å². The van der Waals surface area contributed by atoms with Gasteiger partial charge in [-0.1, -0.05) is 140 Å². The fourth-order valence-corrected chi connectivity index (χ4v) is 6.40. The Labute approximate surface area is 337 Å². The summed E-state index contributed by atoms with van der Waals surface area (Å²) in [6.07, 6.45) is 35.2. The van der Waals surface area contributed by atoms with E-state index in [2.05, 4.69) is 41.5 Å². The zero-order chi connectivity index (χ0) is 41.5. The van der Waals surface area contributed by atoms with Crippen LogP contribution < -0.4 is 5.73 Å².